The van der Waals surface area contributed by atoms with E-state index >= 15 is 0 Å². The minimum Gasteiger partial charge on any atom is -0.337 e. The number of likely N-dealkylation sites (tertiary alicyclic amines) is 1. The van der Waals surface area contributed by atoms with Gasteiger partial charge in [-0.05, 0) is 18.6 Å². The van der Waals surface area contributed by atoms with Crippen LogP contribution in [0.25, 0.3) is 10.9 Å². The van der Waals surface area contributed by atoms with Crippen LogP contribution in [0.4, 0.5) is 0 Å². The summed E-state index contributed by atoms with van der Waals surface area (Å²) in [5.74, 6) is 0.142. The van der Waals surface area contributed by atoms with E-state index in [0.29, 0.717) is 6.42 Å². The maximum atomic E-state index is 12.0. The number of benzene rings is 1. The number of carbonyl (C=O) groups is 1. The van der Waals surface area contributed by atoms with E-state index in [4.69, 9.17) is 5.73 Å². The minimum atomic E-state index is -0.109. The molecule has 2 unspecified atom stereocenters. The van der Waals surface area contributed by atoms with Gasteiger partial charge in [-0.3, -0.25) is 9.78 Å². The van der Waals surface area contributed by atoms with E-state index < -0.39 is 0 Å². The normalized spacial score (nSPS) is 23.4. The third kappa shape index (κ3) is 2.11. The molecule has 4 nitrogen and oxygen atoms in total. The number of pyridine rings is 1. The van der Waals surface area contributed by atoms with Gasteiger partial charge in [-0.1, -0.05) is 28.1 Å². The summed E-state index contributed by atoms with van der Waals surface area (Å²) in [6.07, 6.45) is 3.02. The molecule has 1 aromatic heterocycles. The Morgan fingerprint density at radius 2 is 2.20 bits per heavy atom. The molecule has 1 aliphatic rings. The fraction of sp³-hybridized carbons (Fsp3) is 0.333. The summed E-state index contributed by atoms with van der Waals surface area (Å²) in [6, 6.07) is 7.78. The SMILES string of the molecule is CN1C(=O)CCC(N)C1c1ccc(Br)c2cccnc12. The van der Waals surface area contributed by atoms with E-state index in [1.165, 1.54) is 0 Å². The number of nitrogens with zero attached hydrogens (tertiary/aromatic N) is 2. The maximum Gasteiger partial charge on any atom is 0.222 e. The fourth-order valence-electron chi connectivity index (χ4n) is 2.90. The highest BCUT2D eigenvalue weighted by Crippen LogP contribution is 2.35. The van der Waals surface area contributed by atoms with Gasteiger partial charge in [0.15, 0.2) is 0 Å². The number of likely N-dealkylation sites (N-methyl/N-ethyl adjacent to an activating group) is 1. The van der Waals surface area contributed by atoms with Crippen LogP contribution in [-0.2, 0) is 4.79 Å². The Morgan fingerprint density at radius 3 is 3.00 bits per heavy atom. The van der Waals surface area contributed by atoms with Crippen molar-refractivity contribution in [3.05, 3.63) is 40.5 Å². The number of hydrogen-bond acceptors (Lipinski definition) is 3. The van der Waals surface area contributed by atoms with Crippen LogP contribution in [0.15, 0.2) is 34.9 Å². The zero-order valence-electron chi connectivity index (χ0n) is 11.2. The summed E-state index contributed by atoms with van der Waals surface area (Å²) >= 11 is 3.55. The van der Waals surface area contributed by atoms with Gasteiger partial charge in [0.1, 0.15) is 0 Å². The molecular weight excluding hydrogens is 318 g/mol. The Bertz CT molecular complexity index is 673. The Morgan fingerprint density at radius 1 is 1.40 bits per heavy atom. The van der Waals surface area contributed by atoms with Crippen LogP contribution in [0.1, 0.15) is 24.4 Å². The largest absolute Gasteiger partial charge is 0.337 e. The van der Waals surface area contributed by atoms with Crippen molar-refractivity contribution < 1.29 is 4.79 Å². The molecule has 1 fully saturated rings. The van der Waals surface area contributed by atoms with Crippen LogP contribution in [-0.4, -0.2) is 28.9 Å². The summed E-state index contributed by atoms with van der Waals surface area (Å²) in [7, 11) is 1.82. The molecule has 3 rings (SSSR count). The molecule has 1 saturated heterocycles. The van der Waals surface area contributed by atoms with Gasteiger partial charge in [-0.25, -0.2) is 0 Å². The van der Waals surface area contributed by atoms with Gasteiger partial charge >= 0.3 is 0 Å². The van der Waals surface area contributed by atoms with E-state index in [1.54, 1.807) is 11.1 Å². The number of amides is 1. The number of piperidine rings is 1. The zero-order chi connectivity index (χ0) is 14.3. The molecule has 1 amide bonds. The molecule has 20 heavy (non-hydrogen) atoms. The number of carbonyl (C=O) groups excluding carboxylic acids is 1. The molecule has 2 aromatic rings. The molecule has 0 spiro atoms. The molecule has 0 aliphatic carbocycles. The summed E-state index contributed by atoms with van der Waals surface area (Å²) in [4.78, 5) is 18.2. The second-order valence-electron chi connectivity index (χ2n) is 5.19. The molecule has 104 valence electrons. The van der Waals surface area contributed by atoms with Crippen LogP contribution < -0.4 is 5.73 Å². The van der Waals surface area contributed by atoms with Gasteiger partial charge in [-0.15, -0.1) is 0 Å². The van der Waals surface area contributed by atoms with Crippen molar-refractivity contribution in [3.63, 3.8) is 0 Å². The van der Waals surface area contributed by atoms with Crippen molar-refractivity contribution in [1.82, 2.24) is 9.88 Å². The third-order valence-corrected chi connectivity index (χ3v) is 4.67. The first-order valence-corrected chi connectivity index (χ1v) is 7.43. The van der Waals surface area contributed by atoms with Gasteiger partial charge in [0.25, 0.3) is 0 Å². The highest BCUT2D eigenvalue weighted by molar-refractivity contribution is 9.10. The number of halogens is 1. The number of rotatable bonds is 1. The van der Waals surface area contributed by atoms with Crippen LogP contribution in [0.5, 0.6) is 0 Å². The second kappa shape index (κ2) is 5.14. The summed E-state index contributed by atoms with van der Waals surface area (Å²) in [5, 5.41) is 1.05. The fourth-order valence-corrected chi connectivity index (χ4v) is 3.36. The molecule has 0 bridgehead atoms. The first kappa shape index (κ1) is 13.5. The topological polar surface area (TPSA) is 59.2 Å². The van der Waals surface area contributed by atoms with E-state index in [2.05, 4.69) is 20.9 Å². The number of aromatic nitrogens is 1. The lowest BCUT2D eigenvalue weighted by Crippen LogP contribution is -2.46. The quantitative estimate of drug-likeness (QED) is 0.872. The van der Waals surface area contributed by atoms with E-state index in [0.717, 1.165) is 27.4 Å². The minimum absolute atomic E-state index is 0.0518. The molecule has 1 aliphatic heterocycles. The van der Waals surface area contributed by atoms with Gasteiger partial charge in [-0.2, -0.15) is 0 Å². The second-order valence-corrected chi connectivity index (χ2v) is 6.04. The molecular formula is C15H16BrN3O. The van der Waals surface area contributed by atoms with Crippen LogP contribution in [0, 0.1) is 0 Å². The first-order chi connectivity index (χ1) is 9.59. The Balaban J connectivity index is 2.18. The van der Waals surface area contributed by atoms with Gasteiger partial charge < -0.3 is 10.6 Å². The Hall–Kier alpha value is -1.46. The summed E-state index contributed by atoms with van der Waals surface area (Å²) < 4.78 is 1.00. The lowest BCUT2D eigenvalue weighted by Gasteiger charge is -2.37. The average Bonchev–Trinajstić information content (AvgIpc) is 2.46. The first-order valence-electron chi connectivity index (χ1n) is 6.64. The van der Waals surface area contributed by atoms with Crippen LogP contribution >= 0.6 is 15.9 Å². The van der Waals surface area contributed by atoms with E-state index in [-0.39, 0.29) is 18.0 Å². The Kier molecular flexibility index (Phi) is 3.48. The lowest BCUT2D eigenvalue weighted by atomic mass is 9.90. The van der Waals surface area contributed by atoms with Gasteiger partial charge in [0.05, 0.1) is 11.6 Å². The summed E-state index contributed by atoms with van der Waals surface area (Å²) in [6.45, 7) is 0. The van der Waals surface area contributed by atoms with Gasteiger partial charge in [0.2, 0.25) is 5.91 Å². The van der Waals surface area contributed by atoms with Crippen molar-refractivity contribution in [3.8, 4) is 0 Å². The molecule has 2 heterocycles. The van der Waals surface area contributed by atoms with Gasteiger partial charge in [0, 0.05) is 41.1 Å². The number of hydrogen-bond donors (Lipinski definition) is 1. The number of nitrogens with two attached hydrogens (primary N) is 1. The third-order valence-electron chi connectivity index (χ3n) is 3.97. The molecule has 2 N–H and O–H groups in total. The predicted octanol–water partition coefficient (Wildman–Crippen LogP) is 2.62. The van der Waals surface area contributed by atoms with Crippen molar-refractivity contribution in [2.24, 2.45) is 5.73 Å². The maximum absolute atomic E-state index is 12.0. The van der Waals surface area contributed by atoms with Crippen molar-refractivity contribution in [2.75, 3.05) is 7.05 Å². The van der Waals surface area contributed by atoms with Crippen molar-refractivity contribution in [1.29, 1.82) is 0 Å². The van der Waals surface area contributed by atoms with E-state index in [9.17, 15) is 4.79 Å². The van der Waals surface area contributed by atoms with E-state index in [1.807, 2.05) is 31.3 Å². The number of fused-ring (bicyclic) bond motifs is 1. The summed E-state index contributed by atoms with van der Waals surface area (Å²) in [5.41, 5.74) is 8.19. The van der Waals surface area contributed by atoms with Crippen molar-refractivity contribution >= 4 is 32.7 Å². The molecule has 2 atom stereocenters. The van der Waals surface area contributed by atoms with Crippen LogP contribution in [0.2, 0.25) is 0 Å². The average molecular weight is 334 g/mol. The predicted molar refractivity (Wildman–Crippen MR) is 82.2 cm³/mol. The lowest BCUT2D eigenvalue weighted by molar-refractivity contribution is -0.135. The highest BCUT2D eigenvalue weighted by Gasteiger charge is 2.33. The van der Waals surface area contributed by atoms with Crippen molar-refractivity contribution in [2.45, 2.75) is 24.9 Å². The standard InChI is InChI=1S/C15H16BrN3O/c1-19-13(20)7-6-12(17)15(19)10-4-5-11(16)9-3-2-8-18-14(9)10/h2-5,8,12,15H,6-7,17H2,1H3. The monoisotopic (exact) mass is 333 g/mol. The zero-order valence-corrected chi connectivity index (χ0v) is 12.8. The highest BCUT2D eigenvalue weighted by atomic mass is 79.9. The molecule has 1 aromatic carbocycles. The molecule has 0 radical (unpaired) electrons. The Labute approximate surface area is 126 Å². The molecule has 5 heteroatoms. The smallest absolute Gasteiger partial charge is 0.222 e. The van der Waals surface area contributed by atoms with Crippen LogP contribution in [0.3, 0.4) is 0 Å². The molecule has 0 saturated carbocycles.